The average Bonchev–Trinajstić information content (AvgIpc) is 3.71. The normalized spacial score (nSPS) is 27.5. The molecule has 42 heavy (non-hydrogen) atoms. The summed E-state index contributed by atoms with van der Waals surface area (Å²) in [5.41, 5.74) is 0.386. The van der Waals surface area contributed by atoms with Crippen molar-refractivity contribution in [3.8, 4) is 17.1 Å². The van der Waals surface area contributed by atoms with E-state index >= 15 is 4.39 Å². The van der Waals surface area contributed by atoms with E-state index in [0.29, 0.717) is 50.9 Å². The Kier molecular flexibility index (Phi) is 6.51. The molecule has 4 aliphatic rings. The van der Waals surface area contributed by atoms with E-state index in [4.69, 9.17) is 21.3 Å². The zero-order valence-corrected chi connectivity index (χ0v) is 25.5. The maximum absolute atomic E-state index is 16.7. The predicted octanol–water partition coefficient (Wildman–Crippen LogP) is 5.61. The van der Waals surface area contributed by atoms with Gasteiger partial charge in [-0.25, -0.2) is 13.2 Å². The third kappa shape index (κ3) is 4.27. The SMILES string of the molecule is Fc1c(-c2ccc(F)c3[nH]nc(I)c23)c(Cl)cc2c(N3CC4CCC(C3)N4)nc(OC[C@@]34CCCN3C[C@H](F)C4)nc12. The number of nitrogens with zero attached hydrogens (tertiary/aromatic N) is 5. The molecule has 2 aromatic heterocycles. The van der Waals surface area contributed by atoms with Gasteiger partial charge in [-0.3, -0.25) is 10.00 Å². The molecule has 0 spiro atoms. The van der Waals surface area contributed by atoms with Crippen molar-refractivity contribution in [2.75, 3.05) is 37.7 Å². The number of alkyl halides is 1. The average molecular weight is 710 g/mol. The molecule has 4 saturated heterocycles. The summed E-state index contributed by atoms with van der Waals surface area (Å²) in [7, 11) is 0. The molecule has 13 heteroatoms. The van der Waals surface area contributed by atoms with Crippen molar-refractivity contribution >= 4 is 61.8 Å². The van der Waals surface area contributed by atoms with Crippen molar-refractivity contribution in [2.24, 2.45) is 0 Å². The Bertz CT molecular complexity index is 1730. The van der Waals surface area contributed by atoms with Crippen LogP contribution in [0.15, 0.2) is 18.2 Å². The molecule has 0 radical (unpaired) electrons. The molecule has 2 bridgehead atoms. The van der Waals surface area contributed by atoms with Crippen LogP contribution in [-0.2, 0) is 0 Å². The van der Waals surface area contributed by atoms with E-state index in [2.05, 4.69) is 30.3 Å². The summed E-state index contributed by atoms with van der Waals surface area (Å²) in [5, 5.41) is 11.6. The number of nitrogens with one attached hydrogen (secondary N) is 2. The molecule has 4 aromatic rings. The van der Waals surface area contributed by atoms with Gasteiger partial charge in [-0.05, 0) is 72.5 Å². The van der Waals surface area contributed by atoms with Gasteiger partial charge in [0.05, 0.1) is 10.6 Å². The zero-order valence-electron chi connectivity index (χ0n) is 22.6. The first kappa shape index (κ1) is 27.2. The highest BCUT2D eigenvalue weighted by molar-refractivity contribution is 14.1. The lowest BCUT2D eigenvalue weighted by atomic mass is 9.95. The molecule has 2 N–H and O–H groups in total. The monoisotopic (exact) mass is 709 g/mol. The van der Waals surface area contributed by atoms with Crippen LogP contribution in [0.1, 0.15) is 32.1 Å². The van der Waals surface area contributed by atoms with Crippen molar-refractivity contribution in [1.29, 1.82) is 0 Å². The minimum atomic E-state index is -0.890. The van der Waals surface area contributed by atoms with Crippen molar-refractivity contribution in [1.82, 2.24) is 30.4 Å². The molecular weight excluding hydrogens is 682 g/mol. The number of hydrogen-bond donors (Lipinski definition) is 2. The Labute approximate surface area is 258 Å². The molecule has 2 unspecified atom stereocenters. The highest BCUT2D eigenvalue weighted by Gasteiger charge is 2.49. The highest BCUT2D eigenvalue weighted by atomic mass is 127. The molecular formula is C29H28ClF3IN7O. The fraction of sp³-hybridized carbons (Fsp3) is 0.483. The van der Waals surface area contributed by atoms with Gasteiger partial charge in [0.2, 0.25) is 0 Å². The van der Waals surface area contributed by atoms with Crippen LogP contribution in [0.3, 0.4) is 0 Å². The molecule has 220 valence electrons. The Morgan fingerprint density at radius 1 is 1.14 bits per heavy atom. The van der Waals surface area contributed by atoms with Gasteiger partial charge in [0.1, 0.15) is 39.1 Å². The van der Waals surface area contributed by atoms with E-state index in [1.165, 1.54) is 12.1 Å². The Hall–Kier alpha value is -2.42. The van der Waals surface area contributed by atoms with Gasteiger partial charge in [0.25, 0.3) is 0 Å². The molecule has 4 atom stereocenters. The first-order valence-corrected chi connectivity index (χ1v) is 15.8. The van der Waals surface area contributed by atoms with E-state index in [1.807, 2.05) is 22.6 Å². The summed E-state index contributed by atoms with van der Waals surface area (Å²) >= 11 is 8.81. The van der Waals surface area contributed by atoms with Crippen LogP contribution < -0.4 is 15.0 Å². The zero-order chi connectivity index (χ0) is 28.7. The number of anilines is 1. The van der Waals surface area contributed by atoms with Crippen molar-refractivity contribution in [3.05, 3.63) is 38.6 Å². The molecule has 0 aliphatic carbocycles. The lowest BCUT2D eigenvalue weighted by molar-refractivity contribution is 0.107. The quantitative estimate of drug-likeness (QED) is 0.261. The minimum Gasteiger partial charge on any atom is -0.461 e. The number of H-pyrrole nitrogens is 1. The van der Waals surface area contributed by atoms with Crippen LogP contribution in [0, 0.1) is 15.3 Å². The first-order chi connectivity index (χ1) is 20.3. The topological polar surface area (TPSA) is 82.2 Å². The van der Waals surface area contributed by atoms with Gasteiger partial charge < -0.3 is 15.0 Å². The minimum absolute atomic E-state index is 0.0567. The number of fused-ring (bicyclic) bond motifs is 5. The lowest BCUT2D eigenvalue weighted by Gasteiger charge is -2.34. The molecule has 0 amide bonds. The largest absolute Gasteiger partial charge is 0.461 e. The van der Waals surface area contributed by atoms with Crippen LogP contribution in [0.5, 0.6) is 6.01 Å². The Morgan fingerprint density at radius 3 is 2.76 bits per heavy atom. The summed E-state index contributed by atoms with van der Waals surface area (Å²) in [5.74, 6) is -0.560. The van der Waals surface area contributed by atoms with Crippen LogP contribution in [0.2, 0.25) is 5.02 Å². The Balaban J connectivity index is 1.27. The van der Waals surface area contributed by atoms with Gasteiger partial charge >= 0.3 is 6.01 Å². The number of aromatic nitrogens is 4. The highest BCUT2D eigenvalue weighted by Crippen LogP contribution is 2.44. The summed E-state index contributed by atoms with van der Waals surface area (Å²) < 4.78 is 52.5. The standard InChI is InChI=1S/C29H28ClF3IN7O/c30-19-8-18-24(23(33)21(19)17-4-5-20(32)25-22(17)26(34)39-38-25)36-28(37-27(18)40-11-15-2-3-16(12-40)35-15)42-13-29-6-1-7-41(29)10-14(31)9-29/h4-5,8,14-16,35H,1-3,6-7,9-13H2,(H,38,39)/t14-,15?,16?,29+/m1/s1. The van der Waals surface area contributed by atoms with Gasteiger partial charge in [0, 0.05) is 54.5 Å². The number of benzene rings is 2. The second-order valence-corrected chi connectivity index (χ2v) is 13.5. The third-order valence-electron chi connectivity index (χ3n) is 9.49. The number of aromatic amines is 1. The smallest absolute Gasteiger partial charge is 0.319 e. The third-order valence-corrected chi connectivity index (χ3v) is 10.6. The molecule has 2 aromatic carbocycles. The summed E-state index contributed by atoms with van der Waals surface area (Å²) in [4.78, 5) is 13.7. The van der Waals surface area contributed by atoms with Crippen molar-refractivity contribution in [3.63, 3.8) is 0 Å². The van der Waals surface area contributed by atoms with Gasteiger partial charge in [-0.1, -0.05) is 17.7 Å². The maximum Gasteiger partial charge on any atom is 0.319 e. The molecule has 0 saturated carbocycles. The fourth-order valence-electron chi connectivity index (χ4n) is 7.60. The molecule has 8 nitrogen and oxygen atoms in total. The van der Waals surface area contributed by atoms with Gasteiger partial charge in [0.15, 0.2) is 5.82 Å². The van der Waals surface area contributed by atoms with E-state index in [1.54, 1.807) is 6.07 Å². The summed E-state index contributed by atoms with van der Waals surface area (Å²) in [6.45, 7) is 2.92. The fourth-order valence-corrected chi connectivity index (χ4v) is 8.57. The number of ether oxygens (including phenoxy) is 1. The van der Waals surface area contributed by atoms with Crippen molar-refractivity contribution < 1.29 is 17.9 Å². The van der Waals surface area contributed by atoms with Crippen LogP contribution >= 0.6 is 34.2 Å². The molecule has 4 aliphatic heterocycles. The van der Waals surface area contributed by atoms with E-state index in [9.17, 15) is 8.78 Å². The van der Waals surface area contributed by atoms with E-state index < -0.39 is 23.3 Å². The van der Waals surface area contributed by atoms with Crippen LogP contribution in [0.25, 0.3) is 32.9 Å². The van der Waals surface area contributed by atoms with Gasteiger partial charge in [-0.2, -0.15) is 15.1 Å². The maximum atomic E-state index is 16.7. The molecule has 6 heterocycles. The number of rotatable bonds is 5. The Morgan fingerprint density at radius 2 is 1.95 bits per heavy atom. The van der Waals surface area contributed by atoms with Crippen molar-refractivity contribution in [2.45, 2.75) is 55.9 Å². The summed E-state index contributed by atoms with van der Waals surface area (Å²) in [6.07, 6.45) is 3.48. The van der Waals surface area contributed by atoms with Crippen LogP contribution in [0.4, 0.5) is 19.0 Å². The number of halogens is 5. The predicted molar refractivity (Wildman–Crippen MR) is 163 cm³/mol. The number of hydrogen-bond acceptors (Lipinski definition) is 7. The second-order valence-electron chi connectivity index (χ2n) is 12.0. The van der Waals surface area contributed by atoms with Gasteiger partial charge in [-0.15, -0.1) is 0 Å². The summed E-state index contributed by atoms with van der Waals surface area (Å²) in [6, 6.07) is 5.18. The van der Waals surface area contributed by atoms with E-state index in [0.717, 1.165) is 45.3 Å². The number of piperazine rings is 1. The lowest BCUT2D eigenvalue weighted by Crippen LogP contribution is -2.51. The van der Waals surface area contributed by atoms with Crippen LogP contribution in [-0.4, -0.2) is 81.6 Å². The molecule has 8 rings (SSSR count). The first-order valence-electron chi connectivity index (χ1n) is 14.3. The van der Waals surface area contributed by atoms with E-state index in [-0.39, 0.29) is 34.2 Å². The molecule has 4 fully saturated rings. The second kappa shape index (κ2) is 10.1.